The third kappa shape index (κ3) is 2.70. The minimum atomic E-state index is 0.401. The van der Waals surface area contributed by atoms with Crippen LogP contribution < -0.4 is 4.74 Å². The first kappa shape index (κ1) is 11.8. The van der Waals surface area contributed by atoms with Crippen LogP contribution in [0.15, 0.2) is 40.9 Å². The highest BCUT2D eigenvalue weighted by molar-refractivity contribution is 9.10. The quantitative estimate of drug-likeness (QED) is 0.725. The molecule has 0 unspecified atom stereocenters. The molecule has 0 spiro atoms. The number of hydrogen-bond donors (Lipinski definition) is 0. The van der Waals surface area contributed by atoms with E-state index in [-0.39, 0.29) is 0 Å². The van der Waals surface area contributed by atoms with Gasteiger partial charge in [0.2, 0.25) is 0 Å². The van der Waals surface area contributed by atoms with Gasteiger partial charge in [0.1, 0.15) is 16.5 Å². The summed E-state index contributed by atoms with van der Waals surface area (Å²) in [5.41, 5.74) is 0. The van der Waals surface area contributed by atoms with Crippen LogP contribution in [-0.2, 0) is 0 Å². The minimum Gasteiger partial charge on any atom is -0.455 e. The monoisotopic (exact) mass is 315 g/mol. The maximum atomic E-state index is 6.00. The summed E-state index contributed by atoms with van der Waals surface area (Å²) in [5, 5.41) is 0.867. The molecule has 0 saturated heterocycles. The molecule has 0 aliphatic rings. The van der Waals surface area contributed by atoms with Crippen molar-refractivity contribution in [3.05, 3.63) is 57.0 Å². The lowest BCUT2D eigenvalue weighted by molar-refractivity contribution is 0.481. The first-order chi connectivity index (χ1) is 7.66. The van der Waals surface area contributed by atoms with E-state index in [1.807, 2.05) is 12.1 Å². The van der Waals surface area contributed by atoms with Gasteiger partial charge < -0.3 is 4.74 Å². The lowest BCUT2D eigenvalue weighted by atomic mass is 10.3. The Bertz CT molecular complexity index is 514. The number of benzene rings is 2. The predicted molar refractivity (Wildman–Crippen MR) is 69.5 cm³/mol. The molecule has 0 atom stereocenters. The van der Waals surface area contributed by atoms with Crippen molar-refractivity contribution in [2.45, 2.75) is 0 Å². The van der Waals surface area contributed by atoms with Crippen molar-refractivity contribution in [2.24, 2.45) is 0 Å². The van der Waals surface area contributed by atoms with Crippen LogP contribution in [-0.4, -0.2) is 0 Å². The van der Waals surface area contributed by atoms with Gasteiger partial charge in [-0.25, -0.2) is 0 Å². The van der Waals surface area contributed by atoms with Gasteiger partial charge >= 0.3 is 0 Å². The molecule has 0 fully saturated rings. The van der Waals surface area contributed by atoms with Gasteiger partial charge in [-0.1, -0.05) is 51.3 Å². The maximum absolute atomic E-state index is 6.00. The Morgan fingerprint density at radius 2 is 1.81 bits per heavy atom. The molecule has 1 nitrogen and oxygen atoms in total. The molecule has 0 aromatic heterocycles. The molecular formula is C12H6BrCl2O. The first-order valence-electron chi connectivity index (χ1n) is 4.46. The normalized spacial score (nSPS) is 10.2. The molecule has 0 heterocycles. The smallest absolute Gasteiger partial charge is 0.147 e. The molecule has 16 heavy (non-hydrogen) atoms. The summed E-state index contributed by atoms with van der Waals surface area (Å²) in [6, 6.07) is 13.8. The molecular weight excluding hydrogens is 311 g/mol. The molecule has 4 heteroatoms. The Balaban J connectivity index is 2.31. The number of hydrogen-bond acceptors (Lipinski definition) is 1. The average molecular weight is 317 g/mol. The molecule has 1 radical (unpaired) electrons. The Morgan fingerprint density at radius 1 is 1.06 bits per heavy atom. The van der Waals surface area contributed by atoms with E-state index in [1.54, 1.807) is 24.3 Å². The maximum Gasteiger partial charge on any atom is 0.147 e. The fraction of sp³-hybridized carbons (Fsp3) is 0. The van der Waals surface area contributed by atoms with E-state index >= 15 is 0 Å². The van der Waals surface area contributed by atoms with Crippen LogP contribution in [0.2, 0.25) is 10.0 Å². The molecule has 0 bridgehead atoms. The van der Waals surface area contributed by atoms with Gasteiger partial charge in [0, 0.05) is 10.5 Å². The van der Waals surface area contributed by atoms with Crippen LogP contribution >= 0.6 is 39.1 Å². The second kappa shape index (κ2) is 5.09. The molecule has 81 valence electrons. The van der Waals surface area contributed by atoms with Crippen LogP contribution in [0, 0.1) is 6.07 Å². The van der Waals surface area contributed by atoms with Crippen molar-refractivity contribution in [1.29, 1.82) is 0 Å². The summed E-state index contributed by atoms with van der Waals surface area (Å²) in [7, 11) is 0. The second-order valence-corrected chi connectivity index (χ2v) is 4.66. The fourth-order valence-electron chi connectivity index (χ4n) is 1.16. The van der Waals surface area contributed by atoms with Gasteiger partial charge in [0.15, 0.2) is 0 Å². The third-order valence-corrected chi connectivity index (χ3v) is 3.13. The molecule has 0 aliphatic heterocycles. The van der Waals surface area contributed by atoms with Crippen molar-refractivity contribution >= 4 is 39.1 Å². The number of rotatable bonds is 2. The van der Waals surface area contributed by atoms with E-state index < -0.39 is 0 Å². The van der Waals surface area contributed by atoms with Gasteiger partial charge in [-0.3, -0.25) is 0 Å². The van der Waals surface area contributed by atoms with Crippen LogP contribution in [0.4, 0.5) is 0 Å². The molecule has 0 saturated carbocycles. The van der Waals surface area contributed by atoms with Gasteiger partial charge in [-0.2, -0.15) is 0 Å². The van der Waals surface area contributed by atoms with Gasteiger partial charge in [-0.05, 0) is 24.3 Å². The third-order valence-electron chi connectivity index (χ3n) is 1.87. The topological polar surface area (TPSA) is 9.23 Å². The Morgan fingerprint density at radius 3 is 2.56 bits per heavy atom. The fourth-order valence-corrected chi connectivity index (χ4v) is 1.84. The van der Waals surface area contributed by atoms with Crippen LogP contribution in [0.1, 0.15) is 0 Å². The molecule has 0 aliphatic carbocycles. The highest BCUT2D eigenvalue weighted by Gasteiger charge is 2.06. The van der Waals surface area contributed by atoms with Crippen molar-refractivity contribution < 1.29 is 4.74 Å². The van der Waals surface area contributed by atoms with E-state index in [0.29, 0.717) is 21.5 Å². The molecule has 0 amide bonds. The van der Waals surface area contributed by atoms with Gasteiger partial charge in [-0.15, -0.1) is 0 Å². The van der Waals surface area contributed by atoms with Crippen LogP contribution in [0.3, 0.4) is 0 Å². The summed E-state index contributed by atoms with van der Waals surface area (Å²) >= 11 is 15.2. The molecule has 0 N–H and O–H groups in total. The first-order valence-corrected chi connectivity index (χ1v) is 6.01. The largest absolute Gasteiger partial charge is 0.455 e. The zero-order valence-corrected chi connectivity index (χ0v) is 11.1. The average Bonchev–Trinajstić information content (AvgIpc) is 2.25. The zero-order valence-electron chi connectivity index (χ0n) is 8.01. The Labute approximate surface area is 112 Å². The summed E-state index contributed by atoms with van der Waals surface area (Å²) in [4.78, 5) is 0. The van der Waals surface area contributed by atoms with Crippen LogP contribution in [0.25, 0.3) is 0 Å². The van der Waals surface area contributed by atoms with E-state index in [2.05, 4.69) is 22.0 Å². The van der Waals surface area contributed by atoms with E-state index in [1.165, 1.54) is 0 Å². The van der Waals surface area contributed by atoms with Gasteiger partial charge in [0.25, 0.3) is 0 Å². The summed E-state index contributed by atoms with van der Waals surface area (Å²) in [6.07, 6.45) is 0. The lowest BCUT2D eigenvalue weighted by Crippen LogP contribution is -1.85. The van der Waals surface area contributed by atoms with Crippen molar-refractivity contribution in [2.75, 3.05) is 0 Å². The molecule has 2 rings (SSSR count). The second-order valence-electron chi connectivity index (χ2n) is 3.02. The zero-order chi connectivity index (χ0) is 11.5. The highest BCUT2D eigenvalue weighted by Crippen LogP contribution is 2.34. The molecule has 2 aromatic rings. The summed E-state index contributed by atoms with van der Waals surface area (Å²) in [6.45, 7) is 0. The number of ether oxygens (including phenoxy) is 1. The summed E-state index contributed by atoms with van der Waals surface area (Å²) < 4.78 is 6.39. The standard InChI is InChI=1S/C12H6BrCl2O/c13-8-3-1-4-9(7-8)16-11-6-2-5-10(14)12(11)15/h1-6H. The SMILES string of the molecule is Clc1cccc(Oc2[c]c(Br)ccc2)c1Cl. The van der Waals surface area contributed by atoms with E-state index in [4.69, 9.17) is 27.9 Å². The van der Waals surface area contributed by atoms with Crippen LogP contribution in [0.5, 0.6) is 11.5 Å². The molecule has 2 aromatic carbocycles. The van der Waals surface area contributed by atoms with Crippen molar-refractivity contribution in [3.63, 3.8) is 0 Å². The predicted octanol–water partition coefficient (Wildman–Crippen LogP) is 5.35. The Hall–Kier alpha value is -0.700. The highest BCUT2D eigenvalue weighted by atomic mass is 79.9. The number of halogens is 3. The van der Waals surface area contributed by atoms with Gasteiger partial charge in [0.05, 0.1) is 5.02 Å². The minimum absolute atomic E-state index is 0.401. The van der Waals surface area contributed by atoms with E-state index in [9.17, 15) is 0 Å². The summed E-state index contributed by atoms with van der Waals surface area (Å²) in [5.74, 6) is 1.10. The van der Waals surface area contributed by atoms with E-state index in [0.717, 1.165) is 4.47 Å². The Kier molecular flexibility index (Phi) is 3.74. The van der Waals surface area contributed by atoms with Crippen molar-refractivity contribution in [1.82, 2.24) is 0 Å². The lowest BCUT2D eigenvalue weighted by Gasteiger charge is -2.07. The van der Waals surface area contributed by atoms with Crippen molar-refractivity contribution in [3.8, 4) is 11.5 Å².